The number of aromatic nitrogens is 3. The van der Waals surface area contributed by atoms with Crippen LogP contribution in [0.3, 0.4) is 0 Å². The maximum atomic E-state index is 13.0. The zero-order valence-electron chi connectivity index (χ0n) is 17.3. The van der Waals surface area contributed by atoms with Crippen molar-refractivity contribution in [3.63, 3.8) is 0 Å². The van der Waals surface area contributed by atoms with Crippen molar-refractivity contribution in [1.29, 1.82) is 0 Å². The molecule has 2 aliphatic heterocycles. The Labute approximate surface area is 180 Å². The second kappa shape index (κ2) is 8.18. The summed E-state index contributed by atoms with van der Waals surface area (Å²) < 4.78 is 1.05. The Morgan fingerprint density at radius 3 is 2.53 bits per heavy atom. The maximum Gasteiger partial charge on any atom is 0.254 e. The Hall–Kier alpha value is -2.74. The standard InChI is InChI=1S/C22H26N6OS/c1-16-13-20(26-7-3-2-4-8-26)25-22(24-16)28-11-9-27(10-12-28)21(29)17-5-6-18-19(14-17)30-15-23-18/h5-6,13-15H,2-4,7-12H2,1H3. The van der Waals surface area contributed by atoms with Gasteiger partial charge in [0.1, 0.15) is 5.82 Å². The van der Waals surface area contributed by atoms with Crippen LogP contribution in [0.2, 0.25) is 0 Å². The third kappa shape index (κ3) is 3.84. The molecule has 0 atom stereocenters. The van der Waals surface area contributed by atoms with Crippen molar-refractivity contribution in [2.24, 2.45) is 0 Å². The van der Waals surface area contributed by atoms with Gasteiger partial charge < -0.3 is 14.7 Å². The first-order valence-electron chi connectivity index (χ1n) is 10.7. The quantitative estimate of drug-likeness (QED) is 0.645. The highest BCUT2D eigenvalue weighted by Crippen LogP contribution is 2.23. The van der Waals surface area contributed by atoms with E-state index in [1.54, 1.807) is 11.3 Å². The zero-order chi connectivity index (χ0) is 20.5. The summed E-state index contributed by atoms with van der Waals surface area (Å²) in [6.07, 6.45) is 3.76. The molecule has 8 heteroatoms. The van der Waals surface area contributed by atoms with Crippen molar-refractivity contribution in [2.75, 3.05) is 49.1 Å². The molecule has 2 aromatic heterocycles. The van der Waals surface area contributed by atoms with Crippen LogP contribution in [0.15, 0.2) is 29.8 Å². The monoisotopic (exact) mass is 422 g/mol. The Bertz CT molecular complexity index is 1050. The van der Waals surface area contributed by atoms with E-state index in [9.17, 15) is 4.79 Å². The summed E-state index contributed by atoms with van der Waals surface area (Å²) in [5.74, 6) is 1.91. The Morgan fingerprint density at radius 1 is 0.933 bits per heavy atom. The molecule has 5 rings (SSSR count). The number of piperazine rings is 1. The molecule has 0 radical (unpaired) electrons. The summed E-state index contributed by atoms with van der Waals surface area (Å²) in [4.78, 5) is 33.3. The molecular weight excluding hydrogens is 396 g/mol. The van der Waals surface area contributed by atoms with Gasteiger partial charge in [-0.2, -0.15) is 4.98 Å². The van der Waals surface area contributed by atoms with Gasteiger partial charge in [0.15, 0.2) is 0 Å². The fraction of sp³-hybridized carbons (Fsp3) is 0.455. The molecule has 156 valence electrons. The number of hydrogen-bond donors (Lipinski definition) is 0. The molecule has 2 aliphatic rings. The summed E-state index contributed by atoms with van der Waals surface area (Å²) in [5, 5.41) is 0. The lowest BCUT2D eigenvalue weighted by Crippen LogP contribution is -2.49. The summed E-state index contributed by atoms with van der Waals surface area (Å²) >= 11 is 1.57. The molecule has 0 saturated carbocycles. The predicted molar refractivity (Wildman–Crippen MR) is 121 cm³/mol. The third-order valence-corrected chi connectivity index (χ3v) is 6.73. The highest BCUT2D eigenvalue weighted by molar-refractivity contribution is 7.16. The Balaban J connectivity index is 1.27. The van der Waals surface area contributed by atoms with Crippen LogP contribution in [-0.4, -0.2) is 65.0 Å². The fourth-order valence-electron chi connectivity index (χ4n) is 4.24. The number of aryl methyl sites for hydroxylation is 1. The first kappa shape index (κ1) is 19.2. The average molecular weight is 423 g/mol. The number of hydrogen-bond acceptors (Lipinski definition) is 7. The smallest absolute Gasteiger partial charge is 0.254 e. The summed E-state index contributed by atoms with van der Waals surface area (Å²) in [6.45, 7) is 7.03. The number of rotatable bonds is 3. The molecule has 0 N–H and O–H groups in total. The van der Waals surface area contributed by atoms with Gasteiger partial charge in [0.2, 0.25) is 5.95 Å². The van der Waals surface area contributed by atoms with Gasteiger partial charge in [0.25, 0.3) is 5.91 Å². The van der Waals surface area contributed by atoms with Crippen LogP contribution in [0.4, 0.5) is 11.8 Å². The lowest BCUT2D eigenvalue weighted by Gasteiger charge is -2.35. The van der Waals surface area contributed by atoms with Crippen LogP contribution in [-0.2, 0) is 0 Å². The predicted octanol–water partition coefficient (Wildman–Crippen LogP) is 3.35. The second-order valence-electron chi connectivity index (χ2n) is 8.03. The first-order valence-corrected chi connectivity index (χ1v) is 11.5. The molecule has 4 heterocycles. The van der Waals surface area contributed by atoms with Crippen molar-refractivity contribution >= 4 is 39.2 Å². The van der Waals surface area contributed by atoms with Gasteiger partial charge in [-0.25, -0.2) is 9.97 Å². The van der Waals surface area contributed by atoms with E-state index < -0.39 is 0 Å². The number of carbonyl (C=O) groups excluding carboxylic acids is 1. The minimum atomic E-state index is 0.0871. The second-order valence-corrected chi connectivity index (χ2v) is 8.92. The van der Waals surface area contributed by atoms with Gasteiger partial charge >= 0.3 is 0 Å². The number of nitrogens with zero attached hydrogens (tertiary/aromatic N) is 6. The van der Waals surface area contributed by atoms with Crippen molar-refractivity contribution in [1.82, 2.24) is 19.9 Å². The molecule has 0 spiro atoms. The summed E-state index contributed by atoms with van der Waals surface area (Å²) in [7, 11) is 0. The highest BCUT2D eigenvalue weighted by atomic mass is 32.1. The summed E-state index contributed by atoms with van der Waals surface area (Å²) in [6, 6.07) is 7.85. The molecule has 0 unspecified atom stereocenters. The molecule has 3 aromatic rings. The molecule has 1 aromatic carbocycles. The first-order chi connectivity index (χ1) is 14.7. The zero-order valence-corrected chi connectivity index (χ0v) is 18.1. The average Bonchev–Trinajstić information content (AvgIpc) is 3.27. The minimum absolute atomic E-state index is 0.0871. The van der Waals surface area contributed by atoms with Crippen molar-refractivity contribution < 1.29 is 4.79 Å². The maximum absolute atomic E-state index is 13.0. The van der Waals surface area contributed by atoms with Crippen molar-refractivity contribution in [3.05, 3.63) is 41.0 Å². The van der Waals surface area contributed by atoms with Crippen molar-refractivity contribution in [3.8, 4) is 0 Å². The van der Waals surface area contributed by atoms with Gasteiger partial charge in [0.05, 0.1) is 15.7 Å². The Morgan fingerprint density at radius 2 is 1.73 bits per heavy atom. The van der Waals surface area contributed by atoms with E-state index in [1.807, 2.05) is 35.5 Å². The minimum Gasteiger partial charge on any atom is -0.356 e. The number of piperidine rings is 1. The normalized spacial score (nSPS) is 17.6. The fourth-order valence-corrected chi connectivity index (χ4v) is 4.96. The van der Waals surface area contributed by atoms with Gasteiger partial charge in [-0.3, -0.25) is 4.79 Å². The van der Waals surface area contributed by atoms with Gasteiger partial charge in [-0.15, -0.1) is 11.3 Å². The number of anilines is 2. The topological polar surface area (TPSA) is 65.5 Å². The molecule has 7 nitrogen and oxygen atoms in total. The summed E-state index contributed by atoms with van der Waals surface area (Å²) in [5.41, 5.74) is 4.50. The number of amides is 1. The molecule has 2 fully saturated rings. The lowest BCUT2D eigenvalue weighted by molar-refractivity contribution is 0.0746. The van der Waals surface area contributed by atoms with Crippen LogP contribution in [0, 0.1) is 6.92 Å². The third-order valence-electron chi connectivity index (χ3n) is 5.94. The van der Waals surface area contributed by atoms with Crippen LogP contribution in [0.5, 0.6) is 0 Å². The number of benzene rings is 1. The van der Waals surface area contributed by atoms with E-state index in [0.717, 1.165) is 59.4 Å². The molecule has 2 saturated heterocycles. The van der Waals surface area contributed by atoms with Gasteiger partial charge in [-0.1, -0.05) is 0 Å². The van der Waals surface area contributed by atoms with E-state index >= 15 is 0 Å². The molecule has 0 aliphatic carbocycles. The van der Waals surface area contributed by atoms with Crippen LogP contribution in [0.1, 0.15) is 35.3 Å². The highest BCUT2D eigenvalue weighted by Gasteiger charge is 2.25. The molecule has 0 bridgehead atoms. The molecular formula is C22H26N6OS. The van der Waals surface area contributed by atoms with E-state index in [-0.39, 0.29) is 5.91 Å². The molecule has 30 heavy (non-hydrogen) atoms. The number of thiazole rings is 1. The van der Waals surface area contributed by atoms with Crippen LogP contribution in [0.25, 0.3) is 10.2 Å². The van der Waals surface area contributed by atoms with Gasteiger partial charge in [0, 0.05) is 56.6 Å². The largest absolute Gasteiger partial charge is 0.356 e. The van der Waals surface area contributed by atoms with E-state index in [2.05, 4.69) is 25.8 Å². The van der Waals surface area contributed by atoms with E-state index in [4.69, 9.17) is 4.98 Å². The van der Waals surface area contributed by atoms with E-state index in [0.29, 0.717) is 13.1 Å². The van der Waals surface area contributed by atoms with Gasteiger partial charge in [-0.05, 0) is 44.4 Å². The Kier molecular flexibility index (Phi) is 5.25. The number of fused-ring (bicyclic) bond motifs is 1. The van der Waals surface area contributed by atoms with Crippen molar-refractivity contribution in [2.45, 2.75) is 26.2 Å². The lowest BCUT2D eigenvalue weighted by atomic mass is 10.1. The SMILES string of the molecule is Cc1cc(N2CCCCC2)nc(N2CCN(C(=O)c3ccc4ncsc4c3)CC2)n1. The number of carbonyl (C=O) groups is 1. The molecule has 1 amide bonds. The van der Waals surface area contributed by atoms with Crippen LogP contribution < -0.4 is 9.80 Å². The van der Waals surface area contributed by atoms with Crippen LogP contribution >= 0.6 is 11.3 Å². The van der Waals surface area contributed by atoms with E-state index in [1.165, 1.54) is 19.3 Å².